The molecule has 3 nitrogen and oxygen atoms in total. The third kappa shape index (κ3) is 5.29. The van der Waals surface area contributed by atoms with E-state index in [0.717, 1.165) is 55.6 Å². The van der Waals surface area contributed by atoms with E-state index in [0.29, 0.717) is 0 Å². The molecule has 9 aromatic rings. The van der Waals surface area contributed by atoms with Crippen molar-refractivity contribution in [2.45, 2.75) is 0 Å². The summed E-state index contributed by atoms with van der Waals surface area (Å²) in [7, 11) is 0. The van der Waals surface area contributed by atoms with Crippen molar-refractivity contribution in [2.75, 3.05) is 9.80 Å². The Morgan fingerprint density at radius 1 is 0.347 bits per heavy atom. The highest BCUT2D eigenvalue weighted by Gasteiger charge is 2.19. The van der Waals surface area contributed by atoms with E-state index in [4.69, 9.17) is 4.98 Å². The molecule has 0 N–H and O–H groups in total. The molecule has 1 heterocycles. The zero-order valence-electron chi connectivity index (χ0n) is 26.6. The molecule has 9 rings (SSSR count). The van der Waals surface area contributed by atoms with Gasteiger partial charge in [-0.2, -0.15) is 0 Å². The summed E-state index contributed by atoms with van der Waals surface area (Å²) in [6.07, 6.45) is 0. The van der Waals surface area contributed by atoms with Gasteiger partial charge >= 0.3 is 0 Å². The van der Waals surface area contributed by atoms with Gasteiger partial charge in [-0.05, 0) is 83.6 Å². The Morgan fingerprint density at radius 2 is 0.816 bits per heavy atom. The summed E-state index contributed by atoms with van der Waals surface area (Å²) in [5.74, 6) is 0. The van der Waals surface area contributed by atoms with Crippen LogP contribution in [0.4, 0.5) is 34.1 Å². The van der Waals surface area contributed by atoms with Gasteiger partial charge in [0.2, 0.25) is 0 Å². The molecule has 0 saturated heterocycles. The predicted molar refractivity (Wildman–Crippen MR) is 209 cm³/mol. The second kappa shape index (κ2) is 12.4. The number of fused-ring (bicyclic) bond motifs is 6. The minimum absolute atomic E-state index is 1.01. The van der Waals surface area contributed by atoms with E-state index in [1.807, 2.05) is 0 Å². The van der Waals surface area contributed by atoms with E-state index in [-0.39, 0.29) is 0 Å². The van der Waals surface area contributed by atoms with Gasteiger partial charge in [-0.25, -0.2) is 4.98 Å². The third-order valence-electron chi connectivity index (χ3n) is 9.01. The second-order valence-electron chi connectivity index (χ2n) is 12.0. The first-order chi connectivity index (χ1) is 24.3. The summed E-state index contributed by atoms with van der Waals surface area (Å²) >= 11 is 1.77. The fourth-order valence-corrected chi connectivity index (χ4v) is 7.92. The number of thiazole rings is 1. The Kier molecular flexibility index (Phi) is 7.34. The summed E-state index contributed by atoms with van der Waals surface area (Å²) in [6.45, 7) is 0. The van der Waals surface area contributed by atoms with Crippen LogP contribution in [0.15, 0.2) is 188 Å². The molecule has 0 aliphatic rings. The monoisotopic (exact) mass is 645 g/mol. The van der Waals surface area contributed by atoms with Gasteiger partial charge in [0.1, 0.15) is 5.01 Å². The van der Waals surface area contributed by atoms with Crippen molar-refractivity contribution in [3.63, 3.8) is 0 Å². The Balaban J connectivity index is 1.21. The Hall–Kier alpha value is -6.23. The van der Waals surface area contributed by atoms with E-state index in [1.54, 1.807) is 11.3 Å². The molecule has 0 unspecified atom stereocenters. The van der Waals surface area contributed by atoms with Gasteiger partial charge in [-0.3, -0.25) is 0 Å². The van der Waals surface area contributed by atoms with Gasteiger partial charge in [-0.1, -0.05) is 115 Å². The molecule has 1 aromatic heterocycles. The predicted octanol–water partition coefficient (Wildman–Crippen LogP) is 13.2. The molecule has 0 radical (unpaired) electrons. The van der Waals surface area contributed by atoms with E-state index in [9.17, 15) is 0 Å². The maximum absolute atomic E-state index is 5.38. The quantitative estimate of drug-likeness (QED) is 0.161. The molecule has 0 fully saturated rings. The molecule has 0 saturated carbocycles. The van der Waals surface area contributed by atoms with E-state index >= 15 is 0 Å². The summed E-state index contributed by atoms with van der Waals surface area (Å²) in [5.41, 5.74) is 8.81. The molecule has 0 amide bonds. The van der Waals surface area contributed by atoms with Crippen molar-refractivity contribution in [3.05, 3.63) is 188 Å². The summed E-state index contributed by atoms with van der Waals surface area (Å²) in [5, 5.41) is 5.82. The normalized spacial score (nSPS) is 11.3. The van der Waals surface area contributed by atoms with Crippen LogP contribution >= 0.6 is 11.3 Å². The fourth-order valence-electron chi connectivity index (χ4n) is 6.81. The van der Waals surface area contributed by atoms with Crippen LogP contribution in [0.25, 0.3) is 42.3 Å². The molecule has 8 aromatic carbocycles. The molecule has 0 spiro atoms. The third-order valence-corrected chi connectivity index (χ3v) is 10.2. The maximum atomic E-state index is 5.38. The van der Waals surface area contributed by atoms with Crippen LogP contribution in [0, 0.1) is 0 Å². The maximum Gasteiger partial charge on any atom is 0.124 e. The number of aromatic nitrogens is 1. The largest absolute Gasteiger partial charge is 0.310 e. The Bertz CT molecular complexity index is 2470. The number of benzene rings is 8. The van der Waals surface area contributed by atoms with Crippen LogP contribution in [-0.2, 0) is 0 Å². The lowest BCUT2D eigenvalue weighted by Gasteiger charge is -2.26. The molecular weight excluding hydrogens is 615 g/mol. The van der Waals surface area contributed by atoms with Crippen molar-refractivity contribution in [1.29, 1.82) is 0 Å². The summed E-state index contributed by atoms with van der Waals surface area (Å²) in [6, 6.07) is 66.5. The van der Waals surface area contributed by atoms with Crippen LogP contribution < -0.4 is 9.80 Å². The molecule has 232 valence electrons. The average molecular weight is 646 g/mol. The summed E-state index contributed by atoms with van der Waals surface area (Å²) in [4.78, 5) is 10.0. The first-order valence-corrected chi connectivity index (χ1v) is 17.3. The van der Waals surface area contributed by atoms with Gasteiger partial charge in [0, 0.05) is 50.5 Å². The first kappa shape index (κ1) is 29.0. The second-order valence-corrected chi connectivity index (χ2v) is 13.0. The highest BCUT2D eigenvalue weighted by atomic mass is 32.1. The zero-order chi connectivity index (χ0) is 32.6. The lowest BCUT2D eigenvalue weighted by Crippen LogP contribution is -2.09. The number of anilines is 6. The van der Waals surface area contributed by atoms with Gasteiger partial charge in [0.15, 0.2) is 0 Å². The molecule has 49 heavy (non-hydrogen) atoms. The van der Waals surface area contributed by atoms with Gasteiger partial charge in [0.25, 0.3) is 0 Å². The number of hydrogen-bond donors (Lipinski definition) is 0. The van der Waals surface area contributed by atoms with Crippen LogP contribution in [-0.4, -0.2) is 4.98 Å². The van der Waals surface area contributed by atoms with Crippen molar-refractivity contribution in [3.8, 4) is 10.6 Å². The number of para-hydroxylation sites is 4. The molecule has 4 heteroatoms. The molecule has 0 aliphatic heterocycles. The van der Waals surface area contributed by atoms with Gasteiger partial charge in [-0.15, -0.1) is 11.3 Å². The van der Waals surface area contributed by atoms with E-state index in [1.165, 1.54) is 20.9 Å². The van der Waals surface area contributed by atoms with Crippen LogP contribution in [0.2, 0.25) is 0 Å². The van der Waals surface area contributed by atoms with E-state index < -0.39 is 0 Å². The molecule has 0 atom stereocenters. The zero-order valence-corrected chi connectivity index (χ0v) is 27.5. The van der Waals surface area contributed by atoms with Gasteiger partial charge in [0.05, 0.1) is 10.2 Å². The van der Waals surface area contributed by atoms with Crippen molar-refractivity contribution < 1.29 is 0 Å². The molecular formula is C45H31N3S. The van der Waals surface area contributed by atoms with Crippen molar-refractivity contribution >= 4 is 77.2 Å². The van der Waals surface area contributed by atoms with Crippen LogP contribution in [0.1, 0.15) is 0 Å². The fraction of sp³-hybridized carbons (Fsp3) is 0. The topological polar surface area (TPSA) is 19.4 Å². The van der Waals surface area contributed by atoms with Crippen LogP contribution in [0.3, 0.4) is 0 Å². The first-order valence-electron chi connectivity index (χ1n) is 16.5. The number of hydrogen-bond acceptors (Lipinski definition) is 4. The lowest BCUT2D eigenvalue weighted by molar-refractivity contribution is 1.28. The van der Waals surface area contributed by atoms with Crippen molar-refractivity contribution in [2.24, 2.45) is 0 Å². The highest BCUT2D eigenvalue weighted by Crippen LogP contribution is 2.44. The SMILES string of the molecule is c1ccc(N(c2ccccc2)c2cccc(-c3nc4c5ccc(N(c6ccccc6)c6ccccc6)cc5c5ccccc5c4s3)c2)cc1. The number of nitrogens with zero attached hydrogens (tertiary/aromatic N) is 3. The highest BCUT2D eigenvalue weighted by molar-refractivity contribution is 7.22. The minimum atomic E-state index is 1.01. The smallest absolute Gasteiger partial charge is 0.124 e. The van der Waals surface area contributed by atoms with Crippen molar-refractivity contribution in [1.82, 2.24) is 4.98 Å². The van der Waals surface area contributed by atoms with Crippen LogP contribution in [0.5, 0.6) is 0 Å². The van der Waals surface area contributed by atoms with E-state index in [2.05, 4.69) is 198 Å². The Labute approximate surface area is 289 Å². The summed E-state index contributed by atoms with van der Waals surface area (Å²) < 4.78 is 1.21. The Morgan fingerprint density at radius 3 is 1.37 bits per heavy atom. The molecule has 0 bridgehead atoms. The molecule has 0 aliphatic carbocycles. The average Bonchev–Trinajstić information content (AvgIpc) is 3.63. The minimum Gasteiger partial charge on any atom is -0.310 e. The number of rotatable bonds is 7. The lowest BCUT2D eigenvalue weighted by atomic mass is 9.99. The van der Waals surface area contributed by atoms with Gasteiger partial charge < -0.3 is 9.80 Å². The standard InChI is InChI=1S/C45H31N3S/c1-5-17-33(18-6-1)47(34-19-7-2-8-20-34)37-25-15-16-32(30-37)45-46-43-40-29-28-38(31-42(40)39-26-13-14-27-41(39)44(43)49-45)48(35-21-9-3-10-22-35)36-23-11-4-12-24-36/h1-31H.